The number of rotatable bonds is 6. The number of nitrogens with one attached hydrogen (secondary N) is 1. The Morgan fingerprint density at radius 1 is 1.30 bits per heavy atom. The highest BCUT2D eigenvalue weighted by atomic mass is 35.5. The summed E-state index contributed by atoms with van der Waals surface area (Å²) in [6.07, 6.45) is 2.69. The molecule has 0 radical (unpaired) electrons. The monoisotopic (exact) mass is 298 g/mol. The van der Waals surface area contributed by atoms with Crippen molar-refractivity contribution < 1.29 is 9.53 Å². The third-order valence-corrected chi connectivity index (χ3v) is 3.50. The number of carbonyl (C=O) groups excluding carboxylic acids is 1. The van der Waals surface area contributed by atoms with Gasteiger partial charge in [-0.15, -0.1) is 12.4 Å². The van der Waals surface area contributed by atoms with Crippen molar-refractivity contribution in [3.8, 4) is 0 Å². The number of hydrogen-bond donors (Lipinski definition) is 2. The number of nitrogens with two attached hydrogens (primary N) is 1. The van der Waals surface area contributed by atoms with Crippen LogP contribution in [0, 0.1) is 5.92 Å². The van der Waals surface area contributed by atoms with Gasteiger partial charge in [0, 0.05) is 18.5 Å². The van der Waals surface area contributed by atoms with Gasteiger partial charge in [-0.2, -0.15) is 0 Å². The van der Waals surface area contributed by atoms with Gasteiger partial charge in [-0.1, -0.05) is 30.3 Å². The van der Waals surface area contributed by atoms with Crippen molar-refractivity contribution in [2.75, 3.05) is 13.2 Å². The number of amides is 1. The molecule has 2 rings (SSSR count). The molecule has 1 fully saturated rings. The van der Waals surface area contributed by atoms with E-state index in [1.807, 2.05) is 30.3 Å². The molecule has 1 saturated carbocycles. The average molecular weight is 299 g/mol. The quantitative estimate of drug-likeness (QED) is 0.788. The predicted octanol–water partition coefficient (Wildman–Crippen LogP) is 1.87. The van der Waals surface area contributed by atoms with Crippen molar-refractivity contribution in [2.45, 2.75) is 31.9 Å². The molecule has 0 aliphatic heterocycles. The van der Waals surface area contributed by atoms with Gasteiger partial charge in [-0.3, -0.25) is 4.79 Å². The molecule has 1 aliphatic rings. The summed E-state index contributed by atoms with van der Waals surface area (Å²) in [5.41, 5.74) is 6.95. The van der Waals surface area contributed by atoms with E-state index in [1.54, 1.807) is 0 Å². The number of carbonyl (C=O) groups is 1. The van der Waals surface area contributed by atoms with Crippen molar-refractivity contribution >= 4 is 18.3 Å². The van der Waals surface area contributed by atoms with Gasteiger partial charge in [0.25, 0.3) is 0 Å². The molecule has 0 spiro atoms. The zero-order valence-corrected chi connectivity index (χ0v) is 12.4. The lowest BCUT2D eigenvalue weighted by Gasteiger charge is -2.11. The van der Waals surface area contributed by atoms with E-state index >= 15 is 0 Å². The molecule has 5 heteroatoms. The zero-order chi connectivity index (χ0) is 13.5. The summed E-state index contributed by atoms with van der Waals surface area (Å²) >= 11 is 0. The summed E-state index contributed by atoms with van der Waals surface area (Å²) in [6.45, 7) is 1.70. The Bertz CT molecular complexity index is 400. The molecule has 0 aromatic heterocycles. The maximum atomic E-state index is 11.8. The molecule has 2 atom stereocenters. The molecule has 2 unspecified atom stereocenters. The van der Waals surface area contributed by atoms with Gasteiger partial charge in [-0.25, -0.2) is 0 Å². The summed E-state index contributed by atoms with van der Waals surface area (Å²) in [5.74, 6) is 0.223. The normalized spacial score (nSPS) is 21.2. The molecule has 4 nitrogen and oxygen atoms in total. The van der Waals surface area contributed by atoms with E-state index in [-0.39, 0.29) is 30.3 Å². The highest BCUT2D eigenvalue weighted by Gasteiger charge is 2.27. The second-order valence-electron chi connectivity index (χ2n) is 5.10. The molecule has 0 saturated heterocycles. The van der Waals surface area contributed by atoms with Crippen LogP contribution in [0.25, 0.3) is 0 Å². The van der Waals surface area contributed by atoms with Crippen LogP contribution in [0.1, 0.15) is 24.8 Å². The Morgan fingerprint density at radius 3 is 2.70 bits per heavy atom. The van der Waals surface area contributed by atoms with Crippen molar-refractivity contribution in [1.82, 2.24) is 5.32 Å². The van der Waals surface area contributed by atoms with E-state index < -0.39 is 0 Å². The van der Waals surface area contributed by atoms with Crippen LogP contribution in [-0.2, 0) is 16.1 Å². The Hall–Kier alpha value is -1.10. The van der Waals surface area contributed by atoms with E-state index in [4.69, 9.17) is 10.5 Å². The Labute approximate surface area is 126 Å². The topological polar surface area (TPSA) is 64.4 Å². The minimum absolute atomic E-state index is 0. The van der Waals surface area contributed by atoms with Crippen LogP contribution in [0.15, 0.2) is 30.3 Å². The minimum atomic E-state index is 0. The highest BCUT2D eigenvalue weighted by molar-refractivity contribution is 5.85. The van der Waals surface area contributed by atoms with Crippen LogP contribution in [-0.4, -0.2) is 25.1 Å². The van der Waals surface area contributed by atoms with Gasteiger partial charge in [0.15, 0.2) is 0 Å². The molecule has 0 heterocycles. The molecule has 1 aromatic carbocycles. The van der Waals surface area contributed by atoms with Gasteiger partial charge in [0.05, 0.1) is 13.2 Å². The summed E-state index contributed by atoms with van der Waals surface area (Å²) in [5, 5.41) is 2.91. The van der Waals surface area contributed by atoms with Gasteiger partial charge in [0.1, 0.15) is 0 Å². The van der Waals surface area contributed by atoms with E-state index in [2.05, 4.69) is 5.32 Å². The van der Waals surface area contributed by atoms with Crippen molar-refractivity contribution in [3.63, 3.8) is 0 Å². The number of hydrogen-bond acceptors (Lipinski definition) is 3. The molecule has 1 amide bonds. The first kappa shape index (κ1) is 17.0. The Kier molecular flexibility index (Phi) is 7.59. The van der Waals surface area contributed by atoms with Gasteiger partial charge in [0.2, 0.25) is 5.91 Å². The number of benzene rings is 1. The molecule has 112 valence electrons. The van der Waals surface area contributed by atoms with Gasteiger partial charge >= 0.3 is 0 Å². The van der Waals surface area contributed by atoms with Crippen molar-refractivity contribution in [3.05, 3.63) is 35.9 Å². The van der Waals surface area contributed by atoms with Crippen molar-refractivity contribution in [1.29, 1.82) is 0 Å². The highest BCUT2D eigenvalue weighted by Crippen LogP contribution is 2.23. The third-order valence-electron chi connectivity index (χ3n) is 3.50. The fourth-order valence-electron chi connectivity index (χ4n) is 2.41. The lowest BCUT2D eigenvalue weighted by Crippen LogP contribution is -2.32. The van der Waals surface area contributed by atoms with E-state index in [0.29, 0.717) is 19.8 Å². The molecular weight excluding hydrogens is 276 g/mol. The standard InChI is InChI=1S/C15H22N2O2.ClH/c16-14-7-6-13(10-14)15(18)17-8-9-19-11-12-4-2-1-3-5-12;/h1-5,13-14H,6-11,16H2,(H,17,18);1H. The maximum Gasteiger partial charge on any atom is 0.223 e. The fourth-order valence-corrected chi connectivity index (χ4v) is 2.41. The maximum absolute atomic E-state index is 11.8. The summed E-state index contributed by atoms with van der Waals surface area (Å²) in [7, 11) is 0. The van der Waals surface area contributed by atoms with E-state index in [9.17, 15) is 4.79 Å². The summed E-state index contributed by atoms with van der Waals surface area (Å²) in [6, 6.07) is 10.2. The SMILES string of the molecule is Cl.NC1CCC(C(=O)NCCOCc2ccccc2)C1. The first-order chi connectivity index (χ1) is 9.25. The smallest absolute Gasteiger partial charge is 0.223 e. The second-order valence-corrected chi connectivity index (χ2v) is 5.10. The van der Waals surface area contributed by atoms with Gasteiger partial charge < -0.3 is 15.8 Å². The molecule has 1 aromatic rings. The third kappa shape index (κ3) is 5.49. The van der Waals surface area contributed by atoms with Crippen LogP contribution in [0.2, 0.25) is 0 Å². The molecule has 1 aliphatic carbocycles. The lowest BCUT2D eigenvalue weighted by atomic mass is 10.1. The minimum Gasteiger partial charge on any atom is -0.375 e. The average Bonchev–Trinajstić information content (AvgIpc) is 2.86. The predicted molar refractivity (Wildman–Crippen MR) is 81.7 cm³/mol. The summed E-state index contributed by atoms with van der Waals surface area (Å²) < 4.78 is 5.51. The number of halogens is 1. The zero-order valence-electron chi connectivity index (χ0n) is 11.6. The summed E-state index contributed by atoms with van der Waals surface area (Å²) in [4.78, 5) is 11.8. The fraction of sp³-hybridized carbons (Fsp3) is 0.533. The van der Waals surface area contributed by atoms with Crippen LogP contribution < -0.4 is 11.1 Å². The van der Waals surface area contributed by atoms with Crippen LogP contribution in [0.4, 0.5) is 0 Å². The van der Waals surface area contributed by atoms with Crippen LogP contribution >= 0.6 is 12.4 Å². The Balaban J connectivity index is 0.00000200. The lowest BCUT2D eigenvalue weighted by molar-refractivity contribution is -0.125. The second kappa shape index (κ2) is 8.95. The van der Waals surface area contributed by atoms with Crippen LogP contribution in [0.5, 0.6) is 0 Å². The van der Waals surface area contributed by atoms with Crippen LogP contribution in [0.3, 0.4) is 0 Å². The van der Waals surface area contributed by atoms with E-state index in [0.717, 1.165) is 24.8 Å². The number of ether oxygens (including phenoxy) is 1. The molecule has 3 N–H and O–H groups in total. The molecular formula is C15H23ClN2O2. The van der Waals surface area contributed by atoms with Gasteiger partial charge in [-0.05, 0) is 24.8 Å². The van der Waals surface area contributed by atoms with Crippen molar-refractivity contribution in [2.24, 2.45) is 11.7 Å². The molecule has 20 heavy (non-hydrogen) atoms. The first-order valence-corrected chi connectivity index (χ1v) is 6.90. The Morgan fingerprint density at radius 2 is 2.05 bits per heavy atom. The first-order valence-electron chi connectivity index (χ1n) is 6.90. The largest absolute Gasteiger partial charge is 0.375 e. The van der Waals surface area contributed by atoms with E-state index in [1.165, 1.54) is 0 Å². The molecule has 0 bridgehead atoms.